The predicted octanol–water partition coefficient (Wildman–Crippen LogP) is 2.68. The Balaban J connectivity index is 3.46. The van der Waals surface area contributed by atoms with E-state index in [1.165, 1.54) is 0 Å². The van der Waals surface area contributed by atoms with Gasteiger partial charge in [-0.15, -0.1) is 23.2 Å². The predicted molar refractivity (Wildman–Crippen MR) is 44.3 cm³/mol. The first-order chi connectivity index (χ1) is 4.57. The van der Waals surface area contributed by atoms with Crippen LogP contribution in [0.2, 0.25) is 0 Å². The van der Waals surface area contributed by atoms with E-state index in [-0.39, 0.29) is 11.3 Å². The van der Waals surface area contributed by atoms with Gasteiger partial charge in [0.2, 0.25) is 0 Å². The molecule has 0 aliphatic rings. The summed E-state index contributed by atoms with van der Waals surface area (Å²) in [4.78, 5) is 0. The average molecular weight is 184 g/mol. The molecule has 3 heteroatoms. The molecule has 0 bridgehead atoms. The standard InChI is InChI=1S/C7H13Cl2O/c1-5(2)7(10)3-6(9)4-8/h5-7H,3-4H2,1-2H3. The Labute approximate surface area is 72.3 Å². The normalized spacial score (nSPS) is 17.4. The van der Waals surface area contributed by atoms with Crippen molar-refractivity contribution in [3.8, 4) is 0 Å². The molecule has 0 fully saturated rings. The first-order valence-corrected chi connectivity index (χ1v) is 4.40. The number of halogens is 2. The highest BCUT2D eigenvalue weighted by Crippen LogP contribution is 2.13. The molecule has 0 amide bonds. The molecule has 0 aromatic carbocycles. The molecule has 2 unspecified atom stereocenters. The van der Waals surface area contributed by atoms with Crippen molar-refractivity contribution in [3.05, 3.63) is 0 Å². The van der Waals surface area contributed by atoms with Crippen LogP contribution >= 0.6 is 23.2 Å². The highest BCUT2D eigenvalue weighted by molar-refractivity contribution is 6.28. The molecule has 0 aromatic rings. The maximum Gasteiger partial charge on any atom is 0.0967 e. The Bertz CT molecular complexity index is 85.7. The fourth-order valence-corrected chi connectivity index (χ4v) is 0.889. The van der Waals surface area contributed by atoms with Crippen LogP contribution < -0.4 is 0 Å². The third-order valence-electron chi connectivity index (χ3n) is 1.40. The quantitative estimate of drug-likeness (QED) is 0.598. The van der Waals surface area contributed by atoms with Gasteiger partial charge in [-0.3, -0.25) is 0 Å². The lowest BCUT2D eigenvalue weighted by Gasteiger charge is -2.13. The number of alkyl halides is 2. The van der Waals surface area contributed by atoms with Crippen molar-refractivity contribution in [2.75, 3.05) is 5.88 Å². The van der Waals surface area contributed by atoms with Gasteiger partial charge < -0.3 is 0 Å². The van der Waals surface area contributed by atoms with Gasteiger partial charge in [-0.1, -0.05) is 13.8 Å². The van der Waals surface area contributed by atoms with Crippen LogP contribution in [0.15, 0.2) is 0 Å². The largest absolute Gasteiger partial charge is 0.233 e. The average Bonchev–Trinajstić information content (AvgIpc) is 1.87. The number of hydrogen-bond acceptors (Lipinski definition) is 0. The summed E-state index contributed by atoms with van der Waals surface area (Å²) >= 11 is 11.1. The lowest BCUT2D eigenvalue weighted by Crippen LogP contribution is -2.18. The van der Waals surface area contributed by atoms with Crippen molar-refractivity contribution >= 4 is 23.2 Å². The van der Waals surface area contributed by atoms with E-state index in [4.69, 9.17) is 23.2 Å². The van der Waals surface area contributed by atoms with E-state index < -0.39 is 6.10 Å². The lowest BCUT2D eigenvalue weighted by atomic mass is 10.0. The molecular weight excluding hydrogens is 171 g/mol. The summed E-state index contributed by atoms with van der Waals surface area (Å²) in [6.07, 6.45) is -0.0934. The molecule has 61 valence electrons. The number of rotatable bonds is 4. The topological polar surface area (TPSA) is 19.9 Å². The van der Waals surface area contributed by atoms with Crippen LogP contribution in [-0.2, 0) is 5.11 Å². The minimum Gasteiger partial charge on any atom is -0.233 e. The fraction of sp³-hybridized carbons (Fsp3) is 1.00. The Morgan fingerprint density at radius 2 is 1.90 bits per heavy atom. The second-order valence-corrected chi connectivity index (χ2v) is 3.70. The fourth-order valence-electron chi connectivity index (χ4n) is 0.587. The molecule has 0 spiro atoms. The van der Waals surface area contributed by atoms with Crippen LogP contribution in [0, 0.1) is 5.92 Å². The van der Waals surface area contributed by atoms with E-state index in [2.05, 4.69) is 0 Å². The summed E-state index contributed by atoms with van der Waals surface area (Å²) in [7, 11) is 0. The van der Waals surface area contributed by atoms with Crippen LogP contribution in [0.25, 0.3) is 0 Å². The van der Waals surface area contributed by atoms with Crippen molar-refractivity contribution in [1.82, 2.24) is 0 Å². The molecule has 0 saturated carbocycles. The third-order valence-corrected chi connectivity index (χ3v) is 2.26. The molecule has 0 N–H and O–H groups in total. The van der Waals surface area contributed by atoms with Crippen molar-refractivity contribution in [2.24, 2.45) is 5.92 Å². The van der Waals surface area contributed by atoms with Gasteiger partial charge in [0.1, 0.15) is 0 Å². The molecule has 0 heterocycles. The summed E-state index contributed by atoms with van der Waals surface area (Å²) in [6.45, 7) is 3.80. The highest BCUT2D eigenvalue weighted by atomic mass is 35.5. The summed E-state index contributed by atoms with van der Waals surface area (Å²) in [5.41, 5.74) is 0. The molecule has 1 nitrogen and oxygen atoms in total. The third kappa shape index (κ3) is 4.37. The van der Waals surface area contributed by atoms with E-state index in [0.717, 1.165) is 0 Å². The molecule has 0 aromatic heterocycles. The van der Waals surface area contributed by atoms with Gasteiger partial charge >= 0.3 is 0 Å². The second-order valence-electron chi connectivity index (χ2n) is 2.77. The molecule has 0 aliphatic carbocycles. The Morgan fingerprint density at radius 1 is 1.40 bits per heavy atom. The van der Waals surface area contributed by atoms with Crippen LogP contribution in [-0.4, -0.2) is 17.4 Å². The van der Waals surface area contributed by atoms with Crippen molar-refractivity contribution in [1.29, 1.82) is 0 Å². The second kappa shape index (κ2) is 5.22. The van der Waals surface area contributed by atoms with E-state index in [9.17, 15) is 5.11 Å². The molecular formula is C7H13Cl2O. The smallest absolute Gasteiger partial charge is 0.0967 e. The van der Waals surface area contributed by atoms with E-state index in [1.54, 1.807) is 0 Å². The summed E-state index contributed by atoms with van der Waals surface area (Å²) in [6, 6.07) is 0. The maximum absolute atomic E-state index is 11.1. The SMILES string of the molecule is CC(C)C([O])CC(Cl)CCl. The van der Waals surface area contributed by atoms with Gasteiger partial charge in [0, 0.05) is 11.3 Å². The van der Waals surface area contributed by atoms with Crippen molar-refractivity contribution in [2.45, 2.75) is 31.7 Å². The van der Waals surface area contributed by atoms with Gasteiger partial charge in [-0.25, -0.2) is 5.11 Å². The zero-order chi connectivity index (χ0) is 8.15. The zero-order valence-corrected chi connectivity index (χ0v) is 7.82. The van der Waals surface area contributed by atoms with Crippen molar-refractivity contribution in [3.63, 3.8) is 0 Å². The van der Waals surface area contributed by atoms with E-state index >= 15 is 0 Å². The molecule has 0 aliphatic heterocycles. The summed E-state index contributed by atoms with van der Waals surface area (Å²) < 4.78 is 0. The van der Waals surface area contributed by atoms with E-state index in [0.29, 0.717) is 12.3 Å². The maximum atomic E-state index is 11.1. The Kier molecular flexibility index (Phi) is 5.51. The van der Waals surface area contributed by atoms with Crippen molar-refractivity contribution < 1.29 is 5.11 Å². The highest BCUT2D eigenvalue weighted by Gasteiger charge is 2.15. The van der Waals surface area contributed by atoms with Crippen LogP contribution in [0.1, 0.15) is 20.3 Å². The van der Waals surface area contributed by atoms with Gasteiger partial charge in [-0.2, -0.15) is 0 Å². The van der Waals surface area contributed by atoms with Crippen LogP contribution in [0.4, 0.5) is 0 Å². The van der Waals surface area contributed by atoms with Gasteiger partial charge in [0.15, 0.2) is 0 Å². The first-order valence-electron chi connectivity index (χ1n) is 3.43. The Morgan fingerprint density at radius 3 is 2.20 bits per heavy atom. The van der Waals surface area contributed by atoms with Crippen LogP contribution in [0.5, 0.6) is 0 Å². The Hall–Kier alpha value is 0.540. The summed E-state index contributed by atoms with van der Waals surface area (Å²) in [5.74, 6) is 0.525. The molecule has 2 atom stereocenters. The minimum absolute atomic E-state index is 0.157. The molecule has 10 heavy (non-hydrogen) atoms. The van der Waals surface area contributed by atoms with Gasteiger partial charge in [0.05, 0.1) is 6.10 Å². The number of hydrogen-bond donors (Lipinski definition) is 0. The molecule has 1 radical (unpaired) electrons. The minimum atomic E-state index is -0.568. The first kappa shape index (κ1) is 10.5. The van der Waals surface area contributed by atoms with E-state index in [1.807, 2.05) is 13.8 Å². The molecule has 0 saturated heterocycles. The van der Waals surface area contributed by atoms with Gasteiger partial charge in [0.25, 0.3) is 0 Å². The molecule has 0 rings (SSSR count). The summed E-state index contributed by atoms with van der Waals surface area (Å²) in [5, 5.41) is 10.9. The van der Waals surface area contributed by atoms with Gasteiger partial charge in [-0.05, 0) is 12.3 Å². The monoisotopic (exact) mass is 183 g/mol. The lowest BCUT2D eigenvalue weighted by molar-refractivity contribution is 0.0431. The van der Waals surface area contributed by atoms with Crippen LogP contribution in [0.3, 0.4) is 0 Å². The zero-order valence-electron chi connectivity index (χ0n) is 6.31.